The van der Waals surface area contributed by atoms with Gasteiger partial charge in [-0.2, -0.15) is 0 Å². The minimum atomic E-state index is -1.16. The Kier molecular flexibility index (Phi) is 7.80. The number of benzene rings is 2. The van der Waals surface area contributed by atoms with Crippen LogP contribution in [0.2, 0.25) is 10.0 Å². The van der Waals surface area contributed by atoms with Gasteiger partial charge in [0, 0.05) is 23.6 Å². The molecule has 4 rings (SSSR count). The third-order valence-corrected chi connectivity index (χ3v) is 6.56. The van der Waals surface area contributed by atoms with Crippen molar-refractivity contribution in [1.82, 2.24) is 19.4 Å². The number of anilines is 2. The third kappa shape index (κ3) is 5.81. The Morgan fingerprint density at radius 1 is 1.05 bits per heavy atom. The Bertz CT molecular complexity index is 1630. The minimum Gasteiger partial charge on any atom is -0.465 e. The molecule has 2 heterocycles. The van der Waals surface area contributed by atoms with E-state index in [0.717, 1.165) is 0 Å². The molecule has 0 fully saturated rings. The van der Waals surface area contributed by atoms with Gasteiger partial charge in [-0.15, -0.1) is 0 Å². The van der Waals surface area contributed by atoms with Crippen molar-refractivity contribution >= 4 is 57.6 Å². The zero-order valence-corrected chi connectivity index (χ0v) is 23.1. The quantitative estimate of drug-likeness (QED) is 0.249. The number of urea groups is 1. The van der Waals surface area contributed by atoms with Crippen LogP contribution in [-0.2, 0) is 0 Å². The predicted octanol–water partition coefficient (Wildman–Crippen LogP) is 6.57. The molecule has 3 amide bonds. The maximum Gasteiger partial charge on any atom is 0.408 e. The van der Waals surface area contributed by atoms with Crippen LogP contribution in [0.1, 0.15) is 39.6 Å². The van der Waals surface area contributed by atoms with Crippen molar-refractivity contribution in [1.29, 1.82) is 0 Å². The highest BCUT2D eigenvalue weighted by molar-refractivity contribution is 6.35. The number of rotatable bonds is 5. The van der Waals surface area contributed by atoms with E-state index < -0.39 is 29.3 Å². The Hall–Kier alpha value is -4.15. The number of carboxylic acid groups (broad SMARTS) is 1. The van der Waals surface area contributed by atoms with Gasteiger partial charge >= 0.3 is 12.1 Å². The molecule has 12 heteroatoms. The molecule has 0 aliphatic rings. The minimum absolute atomic E-state index is 0.191. The molecule has 0 saturated heterocycles. The molecule has 1 atom stereocenters. The lowest BCUT2D eigenvalue weighted by atomic mass is 10.0. The molecule has 0 radical (unpaired) electrons. The summed E-state index contributed by atoms with van der Waals surface area (Å²) in [5.41, 5.74) is 0.162. The maximum absolute atomic E-state index is 13.9. The fourth-order valence-corrected chi connectivity index (χ4v) is 4.79. The maximum atomic E-state index is 13.9. The van der Waals surface area contributed by atoms with Crippen LogP contribution in [0.15, 0.2) is 65.7 Å². The molecule has 2 aromatic heterocycles. The Morgan fingerprint density at radius 3 is 2.44 bits per heavy atom. The molecule has 0 bridgehead atoms. The van der Waals surface area contributed by atoms with Crippen molar-refractivity contribution in [2.24, 2.45) is 0 Å². The summed E-state index contributed by atoms with van der Waals surface area (Å²) in [5.74, 6) is 0.192. The summed E-state index contributed by atoms with van der Waals surface area (Å²) in [6, 6.07) is 11.6. The summed E-state index contributed by atoms with van der Waals surface area (Å²) >= 11 is 12.5. The average molecular weight is 569 g/mol. The highest BCUT2D eigenvalue weighted by Gasteiger charge is 2.34. The molecule has 0 spiro atoms. The van der Waals surface area contributed by atoms with Crippen LogP contribution < -0.4 is 16.2 Å². The van der Waals surface area contributed by atoms with Gasteiger partial charge in [-0.05, 0) is 64.1 Å². The summed E-state index contributed by atoms with van der Waals surface area (Å²) in [7, 11) is 0. The topological polar surface area (TPSA) is 129 Å². The van der Waals surface area contributed by atoms with Crippen LogP contribution >= 0.6 is 23.2 Å². The zero-order chi connectivity index (χ0) is 28.5. The van der Waals surface area contributed by atoms with Crippen molar-refractivity contribution in [3.63, 3.8) is 0 Å². The average Bonchev–Trinajstić information content (AvgIpc) is 2.84. The van der Waals surface area contributed by atoms with Crippen LogP contribution in [0, 0.1) is 0 Å². The smallest absolute Gasteiger partial charge is 0.408 e. The molecular weight excluding hydrogens is 543 g/mol. The lowest BCUT2D eigenvalue weighted by Gasteiger charge is -2.38. The van der Waals surface area contributed by atoms with E-state index >= 15 is 0 Å². The first-order valence-corrected chi connectivity index (χ1v) is 12.7. The Labute approximate surface area is 234 Å². The standard InChI is InChI=1S/C27H26Cl2N6O4/c1-15(35(26(38)39)27(2,3)4)23-32-21-10-6-9-18(28)22(21)24(36)34(23)17-8-5-7-16(13-17)31-25(37)33-20-11-12-30-14-19(20)29/h5-15H,1-4H3,(H,38,39)(H2,30,31,33,37). The number of nitrogens with zero attached hydrogens (tertiary/aromatic N) is 4. The number of carbonyl (C=O) groups is 2. The predicted molar refractivity (Wildman–Crippen MR) is 152 cm³/mol. The van der Waals surface area contributed by atoms with E-state index in [1.54, 1.807) is 76.2 Å². The number of carbonyl (C=O) groups excluding carboxylic acids is 1. The van der Waals surface area contributed by atoms with Gasteiger partial charge in [0.2, 0.25) is 0 Å². The second-order valence-electron chi connectivity index (χ2n) is 9.73. The van der Waals surface area contributed by atoms with Crippen LogP contribution in [0.25, 0.3) is 16.6 Å². The molecule has 2 aromatic carbocycles. The van der Waals surface area contributed by atoms with Crippen LogP contribution in [0.3, 0.4) is 0 Å². The zero-order valence-electron chi connectivity index (χ0n) is 21.6. The highest BCUT2D eigenvalue weighted by atomic mass is 35.5. The van der Waals surface area contributed by atoms with Gasteiger partial charge in [-0.3, -0.25) is 19.2 Å². The first kappa shape index (κ1) is 27.9. The SMILES string of the molecule is CC(c1nc2cccc(Cl)c2c(=O)n1-c1cccc(NC(=O)Nc2ccncc2Cl)c1)N(C(=O)O)C(C)(C)C. The lowest BCUT2D eigenvalue weighted by molar-refractivity contribution is 0.0719. The molecule has 0 aliphatic carbocycles. The largest absolute Gasteiger partial charge is 0.465 e. The van der Waals surface area contributed by atoms with Gasteiger partial charge < -0.3 is 15.7 Å². The number of hydrogen-bond acceptors (Lipinski definition) is 5. The number of hydrogen-bond donors (Lipinski definition) is 3. The first-order valence-electron chi connectivity index (χ1n) is 11.9. The van der Waals surface area contributed by atoms with E-state index in [0.29, 0.717) is 22.6 Å². The molecule has 202 valence electrons. The monoisotopic (exact) mass is 568 g/mol. The second kappa shape index (κ2) is 10.9. The van der Waals surface area contributed by atoms with Gasteiger partial charge in [-0.25, -0.2) is 14.6 Å². The van der Waals surface area contributed by atoms with Crippen LogP contribution in [0.5, 0.6) is 0 Å². The number of nitrogens with one attached hydrogen (secondary N) is 2. The molecule has 4 aromatic rings. The molecule has 39 heavy (non-hydrogen) atoms. The van der Waals surface area contributed by atoms with E-state index in [2.05, 4.69) is 15.6 Å². The number of aromatic nitrogens is 3. The summed E-state index contributed by atoms with van der Waals surface area (Å²) in [5, 5.41) is 16.1. The van der Waals surface area contributed by atoms with Crippen LogP contribution in [0.4, 0.5) is 21.0 Å². The van der Waals surface area contributed by atoms with E-state index in [-0.39, 0.29) is 21.3 Å². The normalized spacial score (nSPS) is 12.2. The van der Waals surface area contributed by atoms with E-state index in [1.165, 1.54) is 21.9 Å². The first-order chi connectivity index (χ1) is 18.4. The van der Waals surface area contributed by atoms with E-state index in [4.69, 9.17) is 28.2 Å². The lowest BCUT2D eigenvalue weighted by Crippen LogP contribution is -2.47. The molecule has 0 saturated carbocycles. The van der Waals surface area contributed by atoms with E-state index in [9.17, 15) is 19.5 Å². The molecule has 1 unspecified atom stereocenters. The second-order valence-corrected chi connectivity index (χ2v) is 10.5. The highest BCUT2D eigenvalue weighted by Crippen LogP contribution is 2.30. The van der Waals surface area contributed by atoms with E-state index in [1.807, 2.05) is 0 Å². The fourth-order valence-electron chi connectivity index (χ4n) is 4.37. The molecule has 0 aliphatic heterocycles. The molecular formula is C27H26Cl2N6O4. The van der Waals surface area contributed by atoms with Crippen molar-refractivity contribution in [3.05, 3.63) is 87.1 Å². The number of fused-ring (bicyclic) bond motifs is 1. The summed E-state index contributed by atoms with van der Waals surface area (Å²) in [4.78, 5) is 48.6. The van der Waals surface area contributed by atoms with Gasteiger partial charge in [0.05, 0.1) is 38.4 Å². The van der Waals surface area contributed by atoms with Gasteiger partial charge in [0.15, 0.2) is 0 Å². The Balaban J connectivity index is 1.83. The summed E-state index contributed by atoms with van der Waals surface area (Å²) in [6.45, 7) is 6.95. The van der Waals surface area contributed by atoms with Crippen molar-refractivity contribution < 1.29 is 14.7 Å². The van der Waals surface area contributed by atoms with Crippen molar-refractivity contribution in [3.8, 4) is 5.69 Å². The third-order valence-electron chi connectivity index (χ3n) is 5.95. The van der Waals surface area contributed by atoms with Crippen molar-refractivity contribution in [2.75, 3.05) is 10.6 Å². The Morgan fingerprint density at radius 2 is 1.77 bits per heavy atom. The fraction of sp³-hybridized carbons (Fsp3) is 0.222. The summed E-state index contributed by atoms with van der Waals surface area (Å²) in [6.07, 6.45) is 1.74. The summed E-state index contributed by atoms with van der Waals surface area (Å²) < 4.78 is 1.32. The molecule has 3 N–H and O–H groups in total. The van der Waals surface area contributed by atoms with Crippen LogP contribution in [-0.4, -0.2) is 42.2 Å². The van der Waals surface area contributed by atoms with Gasteiger partial charge in [0.25, 0.3) is 5.56 Å². The van der Waals surface area contributed by atoms with Crippen molar-refractivity contribution in [2.45, 2.75) is 39.3 Å². The van der Waals surface area contributed by atoms with Gasteiger partial charge in [0.1, 0.15) is 5.82 Å². The number of pyridine rings is 1. The number of halogens is 2. The van der Waals surface area contributed by atoms with Gasteiger partial charge in [-0.1, -0.05) is 35.3 Å². The number of amides is 3. The molecule has 10 nitrogen and oxygen atoms in total.